The van der Waals surface area contributed by atoms with Crippen LogP contribution < -0.4 is 15.4 Å². The maximum Gasteiger partial charge on any atom is 0.257 e. The lowest BCUT2D eigenvalue weighted by molar-refractivity contribution is 0.0697. The highest BCUT2D eigenvalue weighted by Gasteiger charge is 2.24. The third-order valence-electron chi connectivity index (χ3n) is 5.73. The minimum Gasteiger partial charge on any atom is -0.492 e. The summed E-state index contributed by atoms with van der Waals surface area (Å²) in [6, 6.07) is 12.6. The maximum atomic E-state index is 13.2. The smallest absolute Gasteiger partial charge is 0.257 e. The molecule has 176 valence electrons. The number of benzene rings is 2. The Kier molecular flexibility index (Phi) is 9.26. The summed E-state index contributed by atoms with van der Waals surface area (Å²) in [5, 5.41) is 5.84. The van der Waals surface area contributed by atoms with Crippen molar-refractivity contribution < 1.29 is 14.3 Å². The number of hydrogen-bond donors (Lipinski definition) is 2. The van der Waals surface area contributed by atoms with E-state index in [1.54, 1.807) is 30.3 Å². The van der Waals surface area contributed by atoms with E-state index in [0.717, 1.165) is 32.1 Å². The first kappa shape index (κ1) is 25.2. The molecular weight excluding hydrogens is 502 g/mol. The molecule has 0 unspecified atom stereocenters. The number of rotatable bonds is 7. The Labute approximate surface area is 209 Å². The number of thiocarbonyl (C=S) groups is 1. The van der Waals surface area contributed by atoms with Crippen molar-refractivity contribution >= 4 is 50.8 Å². The van der Waals surface area contributed by atoms with Crippen molar-refractivity contribution in [2.75, 3.05) is 19.0 Å². The van der Waals surface area contributed by atoms with E-state index in [4.69, 9.17) is 17.0 Å². The van der Waals surface area contributed by atoms with Gasteiger partial charge in [-0.3, -0.25) is 14.9 Å². The van der Waals surface area contributed by atoms with Crippen LogP contribution in [0.3, 0.4) is 0 Å². The molecule has 3 rings (SSSR count). The van der Waals surface area contributed by atoms with Gasteiger partial charge in [-0.15, -0.1) is 0 Å². The van der Waals surface area contributed by atoms with Gasteiger partial charge in [0.2, 0.25) is 0 Å². The van der Waals surface area contributed by atoms with Crippen LogP contribution in [0, 0.1) is 0 Å². The van der Waals surface area contributed by atoms with E-state index in [-0.39, 0.29) is 23.0 Å². The van der Waals surface area contributed by atoms with Gasteiger partial charge in [-0.05, 0) is 77.7 Å². The minimum absolute atomic E-state index is 0.0503. The van der Waals surface area contributed by atoms with Gasteiger partial charge in [0.25, 0.3) is 11.8 Å². The molecule has 0 spiro atoms. The number of ether oxygens (including phenoxy) is 1. The summed E-state index contributed by atoms with van der Waals surface area (Å²) < 4.78 is 6.33. The topological polar surface area (TPSA) is 70.7 Å². The molecule has 6 nitrogen and oxygen atoms in total. The molecule has 8 heteroatoms. The molecule has 1 fully saturated rings. The van der Waals surface area contributed by atoms with Gasteiger partial charge in [0.15, 0.2) is 5.11 Å². The Balaban J connectivity index is 1.65. The molecule has 2 aromatic rings. The van der Waals surface area contributed by atoms with Gasteiger partial charge in [0.05, 0.1) is 22.3 Å². The van der Waals surface area contributed by atoms with Crippen molar-refractivity contribution in [3.8, 4) is 5.75 Å². The number of anilines is 1. The predicted octanol–water partition coefficient (Wildman–Crippen LogP) is 5.77. The third-order valence-corrected chi connectivity index (χ3v) is 6.56. The van der Waals surface area contributed by atoms with Crippen LogP contribution in [-0.4, -0.2) is 41.5 Å². The fourth-order valence-corrected chi connectivity index (χ4v) is 4.60. The lowest BCUT2D eigenvalue weighted by Gasteiger charge is -2.31. The van der Waals surface area contributed by atoms with Gasteiger partial charge < -0.3 is 15.0 Å². The molecule has 1 aliphatic carbocycles. The standard InChI is InChI=1S/C25H30BrN3O3S/c1-3-15-32-22-14-13-17(16-20(22)26)23(30)28-25(33)27-21-12-8-7-11-19(21)24(31)29(2)18-9-5-4-6-10-18/h7-8,11-14,16,18H,3-6,9-10,15H2,1-2H3,(H2,27,28,30,33). The van der Waals surface area contributed by atoms with Gasteiger partial charge in [-0.25, -0.2) is 0 Å². The normalized spacial score (nSPS) is 13.8. The van der Waals surface area contributed by atoms with Crippen LogP contribution in [-0.2, 0) is 0 Å². The molecule has 1 aliphatic rings. The van der Waals surface area contributed by atoms with Crippen molar-refractivity contribution in [3.63, 3.8) is 0 Å². The number of nitrogens with zero attached hydrogens (tertiary/aromatic N) is 1. The molecule has 0 bridgehead atoms. The Morgan fingerprint density at radius 2 is 1.88 bits per heavy atom. The van der Waals surface area contributed by atoms with Crippen LogP contribution in [0.5, 0.6) is 5.75 Å². The van der Waals surface area contributed by atoms with Crippen molar-refractivity contribution in [2.45, 2.75) is 51.5 Å². The summed E-state index contributed by atoms with van der Waals surface area (Å²) in [4.78, 5) is 27.7. The number of hydrogen-bond acceptors (Lipinski definition) is 4. The number of halogens is 1. The first-order valence-electron chi connectivity index (χ1n) is 11.3. The van der Waals surface area contributed by atoms with Gasteiger partial charge in [-0.1, -0.05) is 38.3 Å². The second kappa shape index (κ2) is 12.1. The van der Waals surface area contributed by atoms with Gasteiger partial charge in [-0.2, -0.15) is 0 Å². The molecule has 33 heavy (non-hydrogen) atoms. The molecule has 2 N–H and O–H groups in total. The molecule has 0 aliphatic heterocycles. The van der Waals surface area contributed by atoms with Crippen molar-refractivity contribution in [1.82, 2.24) is 10.2 Å². The fourth-order valence-electron chi connectivity index (χ4n) is 3.90. The van der Waals surface area contributed by atoms with E-state index < -0.39 is 0 Å². The molecule has 2 aromatic carbocycles. The fraction of sp³-hybridized carbons (Fsp3) is 0.400. The Bertz CT molecular complexity index is 1010. The quantitative estimate of drug-likeness (QED) is 0.443. The largest absolute Gasteiger partial charge is 0.492 e. The zero-order valence-corrected chi connectivity index (χ0v) is 21.4. The van der Waals surface area contributed by atoms with Crippen LogP contribution in [0.1, 0.15) is 66.2 Å². The molecule has 0 heterocycles. The Morgan fingerprint density at radius 3 is 2.58 bits per heavy atom. The van der Waals surface area contributed by atoms with Gasteiger partial charge >= 0.3 is 0 Å². The van der Waals surface area contributed by atoms with E-state index in [0.29, 0.717) is 33.6 Å². The Hall–Kier alpha value is -2.45. The Morgan fingerprint density at radius 1 is 1.15 bits per heavy atom. The van der Waals surface area contributed by atoms with Crippen molar-refractivity contribution in [1.29, 1.82) is 0 Å². The van der Waals surface area contributed by atoms with Crippen LogP contribution in [0.15, 0.2) is 46.9 Å². The summed E-state index contributed by atoms with van der Waals surface area (Å²) in [5.41, 5.74) is 1.54. The first-order valence-corrected chi connectivity index (χ1v) is 12.5. The van der Waals surface area contributed by atoms with Crippen LogP contribution in [0.4, 0.5) is 5.69 Å². The van der Waals surface area contributed by atoms with Crippen LogP contribution in [0.2, 0.25) is 0 Å². The van der Waals surface area contributed by atoms with E-state index >= 15 is 0 Å². The SMILES string of the molecule is CCCOc1ccc(C(=O)NC(=S)Nc2ccccc2C(=O)N(C)C2CCCCC2)cc1Br. The maximum absolute atomic E-state index is 13.2. The van der Waals surface area contributed by atoms with E-state index in [2.05, 4.69) is 26.6 Å². The van der Waals surface area contributed by atoms with Gasteiger partial charge in [0.1, 0.15) is 5.75 Å². The molecule has 0 atom stereocenters. The molecule has 0 aromatic heterocycles. The summed E-state index contributed by atoms with van der Waals surface area (Å²) >= 11 is 8.80. The summed E-state index contributed by atoms with van der Waals surface area (Å²) in [6.07, 6.45) is 6.50. The average molecular weight is 533 g/mol. The number of para-hydroxylation sites is 1. The molecule has 1 saturated carbocycles. The zero-order valence-electron chi connectivity index (χ0n) is 19.0. The molecule has 0 saturated heterocycles. The minimum atomic E-state index is -0.349. The third kappa shape index (κ3) is 6.77. The second-order valence-corrected chi connectivity index (χ2v) is 9.42. The van der Waals surface area contributed by atoms with E-state index in [1.165, 1.54) is 6.42 Å². The highest BCUT2D eigenvalue weighted by molar-refractivity contribution is 9.10. The number of carbonyl (C=O) groups is 2. The summed E-state index contributed by atoms with van der Waals surface area (Å²) in [6.45, 7) is 2.63. The van der Waals surface area contributed by atoms with Crippen LogP contribution in [0.25, 0.3) is 0 Å². The predicted molar refractivity (Wildman–Crippen MR) is 139 cm³/mol. The first-order chi connectivity index (χ1) is 15.9. The average Bonchev–Trinajstić information content (AvgIpc) is 2.83. The molecule has 2 amide bonds. The van der Waals surface area contributed by atoms with E-state index in [9.17, 15) is 9.59 Å². The highest BCUT2D eigenvalue weighted by Crippen LogP contribution is 2.27. The summed E-state index contributed by atoms with van der Waals surface area (Å²) in [5.74, 6) is 0.285. The number of carbonyl (C=O) groups excluding carboxylic acids is 2. The number of amides is 2. The molecular formula is C25H30BrN3O3S. The highest BCUT2D eigenvalue weighted by atomic mass is 79.9. The van der Waals surface area contributed by atoms with E-state index in [1.807, 2.05) is 31.0 Å². The monoisotopic (exact) mass is 531 g/mol. The summed E-state index contributed by atoms with van der Waals surface area (Å²) in [7, 11) is 1.86. The van der Waals surface area contributed by atoms with Crippen molar-refractivity contribution in [2.24, 2.45) is 0 Å². The lowest BCUT2D eigenvalue weighted by atomic mass is 9.94. The van der Waals surface area contributed by atoms with Gasteiger partial charge in [0, 0.05) is 18.7 Å². The zero-order chi connectivity index (χ0) is 23.8. The lowest BCUT2D eigenvalue weighted by Crippen LogP contribution is -2.39. The van der Waals surface area contributed by atoms with Crippen molar-refractivity contribution in [3.05, 3.63) is 58.1 Å². The van der Waals surface area contributed by atoms with Crippen LogP contribution >= 0.6 is 28.1 Å². The second-order valence-electron chi connectivity index (χ2n) is 8.16. The number of nitrogens with one attached hydrogen (secondary N) is 2. The molecule has 0 radical (unpaired) electrons.